The number of nitrogens with zero attached hydrogens (tertiary/aromatic N) is 1. The lowest BCUT2D eigenvalue weighted by molar-refractivity contribution is -0.274. The van der Waals surface area contributed by atoms with Gasteiger partial charge in [-0.3, -0.25) is 9.59 Å². The highest BCUT2D eigenvalue weighted by molar-refractivity contribution is 5.98. The second-order valence-corrected chi connectivity index (χ2v) is 7.88. The molecule has 2 aromatic rings. The summed E-state index contributed by atoms with van der Waals surface area (Å²) in [6.45, 7) is -0.401. The van der Waals surface area contributed by atoms with Crippen LogP contribution in [0, 0.1) is 17.0 Å². The molecular formula is C20H16F5N3O4. The fraction of sp³-hybridized carbons (Fsp3) is 0.350. The Morgan fingerprint density at radius 3 is 2.31 bits per heavy atom. The maximum Gasteiger partial charge on any atom is 0.573 e. The predicted molar refractivity (Wildman–Crippen MR) is 98.6 cm³/mol. The Labute approximate surface area is 177 Å². The van der Waals surface area contributed by atoms with Crippen LogP contribution in [0.2, 0.25) is 0 Å². The third-order valence-corrected chi connectivity index (χ3v) is 5.39. The van der Waals surface area contributed by atoms with E-state index in [4.69, 9.17) is 4.74 Å². The van der Waals surface area contributed by atoms with Crippen LogP contribution in [0.1, 0.15) is 19.3 Å². The van der Waals surface area contributed by atoms with Gasteiger partial charge in [0.25, 0.3) is 5.91 Å². The van der Waals surface area contributed by atoms with E-state index in [1.165, 1.54) is 12.1 Å². The van der Waals surface area contributed by atoms with Gasteiger partial charge >= 0.3 is 6.36 Å². The van der Waals surface area contributed by atoms with E-state index in [-0.39, 0.29) is 17.5 Å². The van der Waals surface area contributed by atoms with E-state index in [0.29, 0.717) is 19.3 Å². The average molecular weight is 457 g/mol. The van der Waals surface area contributed by atoms with E-state index in [0.717, 1.165) is 24.4 Å². The van der Waals surface area contributed by atoms with Gasteiger partial charge in [-0.1, -0.05) is 0 Å². The molecule has 12 heteroatoms. The summed E-state index contributed by atoms with van der Waals surface area (Å²) in [7, 11) is 0. The Bertz CT molecular complexity index is 1040. The Kier molecular flexibility index (Phi) is 5.18. The number of alkyl halides is 3. The molecule has 32 heavy (non-hydrogen) atoms. The van der Waals surface area contributed by atoms with Crippen molar-refractivity contribution < 1.29 is 41.0 Å². The molecule has 2 bridgehead atoms. The topological polar surface area (TPSA) is 89.5 Å². The summed E-state index contributed by atoms with van der Waals surface area (Å²) in [5, 5.41) is 5.33. The molecule has 3 aliphatic rings. The first kappa shape index (κ1) is 21.8. The van der Waals surface area contributed by atoms with E-state index in [1.54, 1.807) is 0 Å². The molecule has 1 aromatic heterocycles. The standard InChI is InChI=1S/C20H16F5N3O4/c21-13-3-1-11(5-14(13)22)31-7-16(29)28-19-8-18(9-19,10-19)17(30)27-15-4-2-12(6-26-15)32-20(23,24)25/h1-6H,7-10H2,(H,28,29)(H,26,27,30). The number of aromatic nitrogens is 1. The van der Waals surface area contributed by atoms with Gasteiger partial charge in [0.1, 0.15) is 17.3 Å². The highest BCUT2D eigenvalue weighted by Crippen LogP contribution is 2.67. The molecule has 0 spiro atoms. The summed E-state index contributed by atoms with van der Waals surface area (Å²) in [5.41, 5.74) is -1.22. The van der Waals surface area contributed by atoms with E-state index < -0.39 is 47.2 Å². The summed E-state index contributed by atoms with van der Waals surface area (Å²) < 4.78 is 71.4. The highest BCUT2D eigenvalue weighted by Gasteiger charge is 2.72. The van der Waals surface area contributed by atoms with Gasteiger partial charge in [0.15, 0.2) is 18.2 Å². The first-order valence-corrected chi connectivity index (χ1v) is 9.40. The Morgan fingerprint density at radius 2 is 1.72 bits per heavy atom. The quantitative estimate of drug-likeness (QED) is 0.623. The van der Waals surface area contributed by atoms with Crippen LogP contribution in [0.3, 0.4) is 0 Å². The largest absolute Gasteiger partial charge is 0.573 e. The molecular weight excluding hydrogens is 441 g/mol. The number of carbonyl (C=O) groups excluding carboxylic acids is 2. The number of carbonyl (C=O) groups is 2. The Balaban J connectivity index is 1.23. The van der Waals surface area contributed by atoms with E-state index in [9.17, 15) is 31.5 Å². The lowest BCUT2D eigenvalue weighted by Crippen LogP contribution is -2.78. The minimum Gasteiger partial charge on any atom is -0.484 e. The second-order valence-electron chi connectivity index (χ2n) is 7.88. The minimum atomic E-state index is -4.84. The zero-order valence-electron chi connectivity index (χ0n) is 16.3. The number of hydrogen-bond donors (Lipinski definition) is 2. The summed E-state index contributed by atoms with van der Waals surface area (Å²) >= 11 is 0. The minimum absolute atomic E-state index is 0.00615. The first-order chi connectivity index (χ1) is 15.0. The van der Waals surface area contributed by atoms with Crippen molar-refractivity contribution in [2.45, 2.75) is 31.2 Å². The first-order valence-electron chi connectivity index (χ1n) is 9.40. The zero-order chi connectivity index (χ0) is 23.1. The van der Waals surface area contributed by atoms with Crippen LogP contribution in [-0.4, -0.2) is 35.3 Å². The molecule has 0 atom stereocenters. The smallest absolute Gasteiger partial charge is 0.484 e. The molecule has 3 fully saturated rings. The molecule has 2 N–H and O–H groups in total. The van der Waals surface area contributed by atoms with E-state index in [1.807, 2.05) is 0 Å². The lowest BCUT2D eigenvalue weighted by Gasteiger charge is -2.69. The van der Waals surface area contributed by atoms with Crippen molar-refractivity contribution >= 4 is 17.6 Å². The number of ether oxygens (including phenoxy) is 2. The lowest BCUT2D eigenvalue weighted by atomic mass is 9.39. The second kappa shape index (κ2) is 7.61. The molecule has 0 unspecified atom stereocenters. The Hall–Kier alpha value is -3.44. The van der Waals surface area contributed by atoms with Gasteiger partial charge in [0.05, 0.1) is 11.6 Å². The van der Waals surface area contributed by atoms with E-state index in [2.05, 4.69) is 20.4 Å². The van der Waals surface area contributed by atoms with E-state index >= 15 is 0 Å². The summed E-state index contributed by atoms with van der Waals surface area (Å²) in [4.78, 5) is 28.3. The van der Waals surface area contributed by atoms with Gasteiger partial charge in [-0.2, -0.15) is 0 Å². The van der Waals surface area contributed by atoms with Crippen molar-refractivity contribution in [3.8, 4) is 11.5 Å². The van der Waals surface area contributed by atoms with Crippen molar-refractivity contribution in [3.05, 3.63) is 48.2 Å². The van der Waals surface area contributed by atoms with Gasteiger partial charge in [-0.25, -0.2) is 13.8 Å². The van der Waals surface area contributed by atoms with Gasteiger partial charge in [0.2, 0.25) is 5.91 Å². The number of hydrogen-bond acceptors (Lipinski definition) is 5. The zero-order valence-corrected chi connectivity index (χ0v) is 16.3. The fourth-order valence-electron chi connectivity index (χ4n) is 4.11. The number of amides is 2. The van der Waals surface area contributed by atoms with Crippen LogP contribution < -0.4 is 20.1 Å². The van der Waals surface area contributed by atoms with Crippen LogP contribution >= 0.6 is 0 Å². The molecule has 170 valence electrons. The van der Waals surface area contributed by atoms with Gasteiger partial charge in [-0.05, 0) is 43.5 Å². The van der Waals surface area contributed by atoms with Crippen LogP contribution in [0.5, 0.6) is 11.5 Å². The third kappa shape index (κ3) is 4.43. The molecule has 7 nitrogen and oxygen atoms in total. The van der Waals surface area contributed by atoms with Gasteiger partial charge in [-0.15, -0.1) is 13.2 Å². The van der Waals surface area contributed by atoms with Gasteiger partial charge < -0.3 is 20.1 Å². The number of nitrogens with one attached hydrogen (secondary N) is 2. The third-order valence-electron chi connectivity index (χ3n) is 5.39. The number of benzene rings is 1. The normalized spacial score (nSPS) is 23.4. The molecule has 1 heterocycles. The maximum atomic E-state index is 13.2. The molecule has 3 saturated carbocycles. The van der Waals surface area contributed by atoms with Gasteiger partial charge in [0, 0.05) is 11.6 Å². The maximum absolute atomic E-state index is 13.2. The van der Waals surface area contributed by atoms with Crippen LogP contribution in [0.4, 0.5) is 27.8 Å². The fourth-order valence-corrected chi connectivity index (χ4v) is 4.11. The number of rotatable bonds is 7. The summed E-state index contributed by atoms with van der Waals surface area (Å²) in [6.07, 6.45) is -2.83. The highest BCUT2D eigenvalue weighted by atomic mass is 19.4. The SMILES string of the molecule is O=C(COc1ccc(F)c(F)c1)NC12CC(C(=O)Nc3ccc(OC(F)(F)F)cn3)(C1)C2. The molecule has 5 rings (SSSR count). The van der Waals surface area contributed by atoms with Crippen molar-refractivity contribution in [2.24, 2.45) is 5.41 Å². The number of anilines is 1. The van der Waals surface area contributed by atoms with Crippen LogP contribution in [0.15, 0.2) is 36.5 Å². The van der Waals surface area contributed by atoms with Crippen molar-refractivity contribution in [1.29, 1.82) is 0 Å². The molecule has 0 aliphatic heterocycles. The van der Waals surface area contributed by atoms with Crippen molar-refractivity contribution in [2.75, 3.05) is 11.9 Å². The molecule has 2 amide bonds. The van der Waals surface area contributed by atoms with Crippen LogP contribution in [-0.2, 0) is 9.59 Å². The molecule has 1 aromatic carbocycles. The van der Waals surface area contributed by atoms with Crippen molar-refractivity contribution in [3.63, 3.8) is 0 Å². The summed E-state index contributed by atoms with van der Waals surface area (Å²) in [6, 6.07) is 5.14. The predicted octanol–water partition coefficient (Wildman–Crippen LogP) is 3.31. The van der Waals surface area contributed by atoms with Crippen molar-refractivity contribution in [1.82, 2.24) is 10.3 Å². The number of halogens is 5. The molecule has 0 saturated heterocycles. The molecule has 3 aliphatic carbocycles. The monoisotopic (exact) mass is 457 g/mol. The summed E-state index contributed by atoms with van der Waals surface area (Å²) in [5.74, 6) is -3.35. The average Bonchev–Trinajstić information content (AvgIpc) is 2.64. The number of pyridine rings is 1. The van der Waals surface area contributed by atoms with Crippen LogP contribution in [0.25, 0.3) is 0 Å². The Morgan fingerprint density at radius 1 is 1.03 bits per heavy atom. The molecule has 0 radical (unpaired) electrons.